The first-order chi connectivity index (χ1) is 8.24. The molecule has 1 unspecified atom stereocenters. The lowest BCUT2D eigenvalue weighted by Crippen LogP contribution is -2.29. The molecule has 1 saturated heterocycles. The highest BCUT2D eigenvalue weighted by atomic mass is 16.6. The Morgan fingerprint density at radius 2 is 2.41 bits per heavy atom. The van der Waals surface area contributed by atoms with Crippen molar-refractivity contribution in [3.63, 3.8) is 0 Å². The molecular formula is C12H16N2O3. The van der Waals surface area contributed by atoms with Crippen LogP contribution >= 0.6 is 0 Å². The van der Waals surface area contributed by atoms with Crippen molar-refractivity contribution in [1.29, 1.82) is 0 Å². The predicted molar refractivity (Wildman–Crippen MR) is 64.5 cm³/mol. The first-order valence-corrected chi connectivity index (χ1v) is 5.51. The maximum atomic E-state index is 11.7. The molecule has 1 atom stereocenters. The zero-order valence-electron chi connectivity index (χ0n) is 9.97. The molecule has 1 aromatic rings. The summed E-state index contributed by atoms with van der Waals surface area (Å²) >= 11 is 0. The van der Waals surface area contributed by atoms with Gasteiger partial charge in [-0.15, -0.1) is 0 Å². The Labute approximate surface area is 100 Å². The number of carbonyl (C=O) groups excluding carboxylic acids is 1. The lowest BCUT2D eigenvalue weighted by Gasteiger charge is -2.13. The number of nitrogens with zero attached hydrogens (tertiary/aromatic N) is 1. The van der Waals surface area contributed by atoms with Gasteiger partial charge in [0.25, 0.3) is 0 Å². The van der Waals surface area contributed by atoms with Crippen LogP contribution < -0.4 is 15.0 Å². The molecule has 0 aliphatic carbocycles. The molecule has 1 aliphatic rings. The van der Waals surface area contributed by atoms with E-state index in [1.54, 1.807) is 12.0 Å². The fourth-order valence-corrected chi connectivity index (χ4v) is 1.84. The molecule has 1 heterocycles. The van der Waals surface area contributed by atoms with Crippen LogP contribution in [0.1, 0.15) is 0 Å². The lowest BCUT2D eigenvalue weighted by molar-refractivity contribution is 0.141. The van der Waals surface area contributed by atoms with E-state index in [2.05, 4.69) is 5.32 Å². The Hall–Kier alpha value is -1.75. The van der Waals surface area contributed by atoms with Crippen LogP contribution in [0, 0.1) is 0 Å². The highest BCUT2D eigenvalue weighted by molar-refractivity contribution is 5.89. The molecule has 1 amide bonds. The second kappa shape index (κ2) is 5.05. The number of rotatable bonds is 4. The third-order valence-corrected chi connectivity index (χ3v) is 2.67. The Bertz CT molecular complexity index is 408. The molecule has 0 radical (unpaired) electrons. The van der Waals surface area contributed by atoms with Gasteiger partial charge in [-0.25, -0.2) is 4.79 Å². The molecule has 0 saturated carbocycles. The van der Waals surface area contributed by atoms with Crippen LogP contribution in [-0.4, -0.2) is 39.4 Å². The van der Waals surface area contributed by atoms with E-state index in [1.165, 1.54) is 0 Å². The molecule has 1 N–H and O–H groups in total. The third-order valence-electron chi connectivity index (χ3n) is 2.67. The fourth-order valence-electron chi connectivity index (χ4n) is 1.84. The van der Waals surface area contributed by atoms with E-state index in [0.29, 0.717) is 13.1 Å². The van der Waals surface area contributed by atoms with Crippen molar-refractivity contribution in [2.75, 3.05) is 32.1 Å². The van der Waals surface area contributed by atoms with Gasteiger partial charge in [0.2, 0.25) is 0 Å². The predicted octanol–water partition coefficient (Wildman–Crippen LogP) is 1.24. The summed E-state index contributed by atoms with van der Waals surface area (Å²) in [6, 6.07) is 7.39. The van der Waals surface area contributed by atoms with E-state index in [4.69, 9.17) is 9.47 Å². The number of cyclic esters (lactones) is 1. The minimum absolute atomic E-state index is 0.0984. The van der Waals surface area contributed by atoms with Crippen molar-refractivity contribution >= 4 is 11.8 Å². The van der Waals surface area contributed by atoms with Gasteiger partial charge in [-0.2, -0.15) is 0 Å². The summed E-state index contributed by atoms with van der Waals surface area (Å²) in [5, 5.41) is 3.00. The molecule has 0 aromatic heterocycles. The Morgan fingerprint density at radius 1 is 1.59 bits per heavy atom. The summed E-state index contributed by atoms with van der Waals surface area (Å²) in [6.45, 7) is 1.22. The normalized spacial score (nSPS) is 19.3. The molecule has 92 valence electrons. The van der Waals surface area contributed by atoms with Gasteiger partial charge in [-0.1, -0.05) is 6.07 Å². The number of nitrogens with one attached hydrogen (secondary N) is 1. The van der Waals surface area contributed by atoms with Crippen molar-refractivity contribution < 1.29 is 14.3 Å². The molecule has 17 heavy (non-hydrogen) atoms. The second-order valence-electron chi connectivity index (χ2n) is 3.88. The minimum Gasteiger partial charge on any atom is -0.497 e. The minimum atomic E-state index is -0.307. The Kier molecular flexibility index (Phi) is 3.49. The summed E-state index contributed by atoms with van der Waals surface area (Å²) in [7, 11) is 3.44. The Morgan fingerprint density at radius 3 is 3.12 bits per heavy atom. The highest BCUT2D eigenvalue weighted by Crippen LogP contribution is 2.25. The van der Waals surface area contributed by atoms with Crippen molar-refractivity contribution in [2.45, 2.75) is 6.10 Å². The zero-order chi connectivity index (χ0) is 12.3. The summed E-state index contributed by atoms with van der Waals surface area (Å²) < 4.78 is 10.4. The number of ether oxygens (including phenoxy) is 2. The van der Waals surface area contributed by atoms with Crippen LogP contribution in [0.15, 0.2) is 24.3 Å². The average Bonchev–Trinajstić information content (AvgIpc) is 2.71. The van der Waals surface area contributed by atoms with Gasteiger partial charge in [-0.05, 0) is 19.2 Å². The number of amides is 1. The van der Waals surface area contributed by atoms with Crippen LogP contribution in [0.25, 0.3) is 0 Å². The number of methoxy groups -OCH3 is 1. The first kappa shape index (κ1) is 11.7. The lowest BCUT2D eigenvalue weighted by atomic mass is 10.2. The van der Waals surface area contributed by atoms with E-state index in [-0.39, 0.29) is 12.2 Å². The van der Waals surface area contributed by atoms with Gasteiger partial charge in [-0.3, -0.25) is 4.90 Å². The van der Waals surface area contributed by atoms with E-state index in [0.717, 1.165) is 11.4 Å². The average molecular weight is 236 g/mol. The number of hydrogen-bond donors (Lipinski definition) is 1. The van der Waals surface area contributed by atoms with Crippen LogP contribution in [0.4, 0.5) is 10.5 Å². The number of likely N-dealkylation sites (N-methyl/N-ethyl adjacent to an activating group) is 1. The van der Waals surface area contributed by atoms with E-state index < -0.39 is 0 Å². The zero-order valence-corrected chi connectivity index (χ0v) is 9.97. The SMILES string of the molecule is CNCC1CN(c2cccc(OC)c2)C(=O)O1. The van der Waals surface area contributed by atoms with Gasteiger partial charge >= 0.3 is 6.09 Å². The molecule has 0 spiro atoms. The smallest absolute Gasteiger partial charge is 0.414 e. The highest BCUT2D eigenvalue weighted by Gasteiger charge is 2.31. The van der Waals surface area contributed by atoms with Gasteiger partial charge < -0.3 is 14.8 Å². The topological polar surface area (TPSA) is 50.8 Å². The maximum Gasteiger partial charge on any atom is 0.414 e. The molecule has 2 rings (SSSR count). The number of hydrogen-bond acceptors (Lipinski definition) is 4. The number of benzene rings is 1. The third kappa shape index (κ3) is 2.50. The second-order valence-corrected chi connectivity index (χ2v) is 3.88. The molecule has 0 bridgehead atoms. The first-order valence-electron chi connectivity index (χ1n) is 5.51. The summed E-state index contributed by atoms with van der Waals surface area (Å²) in [5.41, 5.74) is 0.799. The molecule has 1 aromatic carbocycles. The summed E-state index contributed by atoms with van der Waals surface area (Å²) in [4.78, 5) is 13.3. The van der Waals surface area contributed by atoms with Crippen LogP contribution in [0.5, 0.6) is 5.75 Å². The van der Waals surface area contributed by atoms with Crippen LogP contribution in [0.3, 0.4) is 0 Å². The molecule has 1 aliphatic heterocycles. The monoisotopic (exact) mass is 236 g/mol. The quantitative estimate of drug-likeness (QED) is 0.854. The summed E-state index contributed by atoms with van der Waals surface area (Å²) in [5.74, 6) is 0.729. The van der Waals surface area contributed by atoms with Crippen LogP contribution in [-0.2, 0) is 4.74 Å². The molecule has 5 nitrogen and oxygen atoms in total. The molecule has 1 fully saturated rings. The van der Waals surface area contributed by atoms with E-state index >= 15 is 0 Å². The Balaban J connectivity index is 2.14. The van der Waals surface area contributed by atoms with Crippen molar-refractivity contribution in [3.8, 4) is 5.75 Å². The van der Waals surface area contributed by atoms with Crippen molar-refractivity contribution in [3.05, 3.63) is 24.3 Å². The van der Waals surface area contributed by atoms with Gasteiger partial charge in [0.05, 0.1) is 19.3 Å². The van der Waals surface area contributed by atoms with Gasteiger partial charge in [0, 0.05) is 12.6 Å². The van der Waals surface area contributed by atoms with Gasteiger partial charge in [0.15, 0.2) is 0 Å². The van der Waals surface area contributed by atoms with Crippen molar-refractivity contribution in [1.82, 2.24) is 5.32 Å². The van der Waals surface area contributed by atoms with E-state index in [1.807, 2.05) is 31.3 Å². The number of anilines is 1. The largest absolute Gasteiger partial charge is 0.497 e. The van der Waals surface area contributed by atoms with Gasteiger partial charge in [0.1, 0.15) is 11.9 Å². The van der Waals surface area contributed by atoms with Crippen LogP contribution in [0.2, 0.25) is 0 Å². The summed E-state index contributed by atoms with van der Waals surface area (Å²) in [6.07, 6.45) is -0.405. The maximum absolute atomic E-state index is 11.7. The fraction of sp³-hybridized carbons (Fsp3) is 0.417. The standard InChI is InChI=1S/C12H16N2O3/c1-13-7-11-8-14(12(15)17-11)9-4-3-5-10(6-9)16-2/h3-6,11,13H,7-8H2,1-2H3. The molecular weight excluding hydrogens is 220 g/mol. The van der Waals surface area contributed by atoms with Crippen molar-refractivity contribution in [2.24, 2.45) is 0 Å². The van der Waals surface area contributed by atoms with E-state index in [9.17, 15) is 4.79 Å². The number of carbonyl (C=O) groups is 1. The molecule has 5 heteroatoms.